The summed E-state index contributed by atoms with van der Waals surface area (Å²) in [5.74, 6) is -0.0702. The van der Waals surface area contributed by atoms with Gasteiger partial charge in [0.25, 0.3) is 5.91 Å². The van der Waals surface area contributed by atoms with Crippen LogP contribution < -0.4 is 0 Å². The Balaban J connectivity index is 1.47. The van der Waals surface area contributed by atoms with Crippen LogP contribution in [0.15, 0.2) is 42.6 Å². The first kappa shape index (κ1) is 15.9. The molecule has 2 fully saturated rings. The van der Waals surface area contributed by atoms with Crippen molar-refractivity contribution in [2.45, 2.75) is 18.7 Å². The molecule has 3 heterocycles. The van der Waals surface area contributed by atoms with Gasteiger partial charge in [0.05, 0.1) is 24.3 Å². The van der Waals surface area contributed by atoms with Crippen LogP contribution in [0.3, 0.4) is 0 Å². The third kappa shape index (κ3) is 3.16. The molecule has 1 amide bonds. The van der Waals surface area contributed by atoms with Crippen molar-refractivity contribution in [1.82, 2.24) is 14.8 Å². The third-order valence-corrected chi connectivity index (χ3v) is 4.97. The van der Waals surface area contributed by atoms with E-state index in [2.05, 4.69) is 34.1 Å². The molecule has 0 bridgehead atoms. The van der Waals surface area contributed by atoms with Crippen LogP contribution in [0, 0.1) is 11.3 Å². The van der Waals surface area contributed by atoms with Crippen LogP contribution in [0.2, 0.25) is 0 Å². The van der Waals surface area contributed by atoms with Gasteiger partial charge in [-0.2, -0.15) is 5.26 Å². The van der Waals surface area contributed by atoms with Crippen LogP contribution in [-0.4, -0.2) is 59.1 Å². The number of fused-ring (bicyclic) bond motifs is 1. The van der Waals surface area contributed by atoms with E-state index < -0.39 is 0 Å². The first-order chi connectivity index (χ1) is 12.2. The Hall–Kier alpha value is -2.62. The number of nitriles is 1. The molecule has 2 atom stereocenters. The van der Waals surface area contributed by atoms with E-state index in [1.54, 1.807) is 12.3 Å². The fraction of sp³-hybridized carbons (Fsp3) is 0.368. The molecule has 0 unspecified atom stereocenters. The fourth-order valence-electron chi connectivity index (χ4n) is 3.69. The number of nitrogens with one attached hydrogen (secondary N) is 1. The highest BCUT2D eigenvalue weighted by Crippen LogP contribution is 2.25. The maximum absolute atomic E-state index is 12.7. The molecule has 4 rings (SSSR count). The standard InChI is InChI=1S/C19H20N4O2/c20-9-15-8-16(21-10-15)19(24)23-12-17-18(13-23)25-7-6-22(17)11-14-4-2-1-3-5-14/h1-5,8,10,17-18,21H,6-7,11-13H2/t17-,18+/m0/s1. The van der Waals surface area contributed by atoms with Gasteiger partial charge in [-0.15, -0.1) is 0 Å². The van der Waals surface area contributed by atoms with Gasteiger partial charge in [0, 0.05) is 32.4 Å². The lowest BCUT2D eigenvalue weighted by atomic mass is 10.1. The third-order valence-electron chi connectivity index (χ3n) is 4.97. The molecule has 128 valence electrons. The lowest BCUT2D eigenvalue weighted by Gasteiger charge is -2.36. The Morgan fingerprint density at radius 1 is 1.32 bits per heavy atom. The second-order valence-corrected chi connectivity index (χ2v) is 6.56. The molecule has 2 aliphatic rings. The van der Waals surface area contributed by atoms with E-state index in [1.807, 2.05) is 17.0 Å². The topological polar surface area (TPSA) is 72.4 Å². The van der Waals surface area contributed by atoms with Crippen molar-refractivity contribution in [1.29, 1.82) is 5.26 Å². The lowest BCUT2D eigenvalue weighted by Crippen LogP contribution is -2.50. The Morgan fingerprint density at radius 3 is 2.92 bits per heavy atom. The van der Waals surface area contributed by atoms with Gasteiger partial charge in [-0.05, 0) is 11.6 Å². The SMILES string of the molecule is N#Cc1c[nH]c(C(=O)N2C[C@H]3OCCN(Cc4ccccc4)[C@H]3C2)c1. The molecule has 0 aliphatic carbocycles. The zero-order valence-corrected chi connectivity index (χ0v) is 13.9. The molecule has 2 saturated heterocycles. The Bertz CT molecular complexity index is 795. The van der Waals surface area contributed by atoms with Gasteiger partial charge in [0.15, 0.2) is 0 Å². The van der Waals surface area contributed by atoms with E-state index in [-0.39, 0.29) is 18.1 Å². The van der Waals surface area contributed by atoms with E-state index in [0.717, 1.165) is 13.1 Å². The number of amides is 1. The minimum Gasteiger partial charge on any atom is -0.373 e. The lowest BCUT2D eigenvalue weighted by molar-refractivity contribution is -0.0503. The number of hydrogen-bond acceptors (Lipinski definition) is 4. The number of aromatic nitrogens is 1. The number of ether oxygens (including phenoxy) is 1. The predicted molar refractivity (Wildman–Crippen MR) is 91.8 cm³/mol. The van der Waals surface area contributed by atoms with Crippen molar-refractivity contribution in [3.8, 4) is 6.07 Å². The number of hydrogen-bond donors (Lipinski definition) is 1. The fourth-order valence-corrected chi connectivity index (χ4v) is 3.69. The molecule has 1 aromatic heterocycles. The summed E-state index contributed by atoms with van der Waals surface area (Å²) < 4.78 is 5.91. The Morgan fingerprint density at radius 2 is 2.16 bits per heavy atom. The zero-order chi connectivity index (χ0) is 17.2. The molecule has 0 radical (unpaired) electrons. The molecule has 6 nitrogen and oxygen atoms in total. The monoisotopic (exact) mass is 336 g/mol. The van der Waals surface area contributed by atoms with Crippen molar-refractivity contribution < 1.29 is 9.53 Å². The molecule has 2 aromatic rings. The van der Waals surface area contributed by atoms with Crippen LogP contribution in [0.5, 0.6) is 0 Å². The predicted octanol–water partition coefficient (Wildman–Crippen LogP) is 1.61. The second kappa shape index (κ2) is 6.71. The van der Waals surface area contributed by atoms with Crippen LogP contribution in [-0.2, 0) is 11.3 Å². The molecule has 2 aliphatic heterocycles. The highest BCUT2D eigenvalue weighted by Gasteiger charge is 2.42. The average Bonchev–Trinajstić information content (AvgIpc) is 3.29. The van der Waals surface area contributed by atoms with Gasteiger partial charge in [-0.25, -0.2) is 0 Å². The minimum atomic E-state index is -0.0702. The molecular formula is C19H20N4O2. The Kier molecular flexibility index (Phi) is 4.26. The molecular weight excluding hydrogens is 316 g/mol. The van der Waals surface area contributed by atoms with Crippen LogP contribution in [0.4, 0.5) is 0 Å². The summed E-state index contributed by atoms with van der Waals surface area (Å²) in [6.45, 7) is 3.68. The van der Waals surface area contributed by atoms with Crippen LogP contribution >= 0.6 is 0 Å². The minimum absolute atomic E-state index is 0.0480. The number of aromatic amines is 1. The summed E-state index contributed by atoms with van der Waals surface area (Å²) in [5, 5.41) is 8.92. The van der Waals surface area contributed by atoms with E-state index in [4.69, 9.17) is 10.00 Å². The maximum Gasteiger partial charge on any atom is 0.270 e. The van der Waals surface area contributed by atoms with Gasteiger partial charge in [0.1, 0.15) is 11.8 Å². The van der Waals surface area contributed by atoms with Crippen molar-refractivity contribution in [3.63, 3.8) is 0 Å². The largest absolute Gasteiger partial charge is 0.373 e. The summed E-state index contributed by atoms with van der Waals surface area (Å²) in [7, 11) is 0. The maximum atomic E-state index is 12.7. The zero-order valence-electron chi connectivity index (χ0n) is 13.9. The van der Waals surface area contributed by atoms with Gasteiger partial charge >= 0.3 is 0 Å². The highest BCUT2D eigenvalue weighted by atomic mass is 16.5. The summed E-state index contributed by atoms with van der Waals surface area (Å²) in [6.07, 6.45) is 1.61. The number of carbonyl (C=O) groups is 1. The van der Waals surface area contributed by atoms with Gasteiger partial charge in [0.2, 0.25) is 0 Å². The molecule has 1 aromatic carbocycles. The van der Waals surface area contributed by atoms with Crippen LogP contribution in [0.25, 0.3) is 0 Å². The van der Waals surface area contributed by atoms with E-state index in [0.29, 0.717) is 31.0 Å². The van der Waals surface area contributed by atoms with E-state index in [9.17, 15) is 4.79 Å². The quantitative estimate of drug-likeness (QED) is 0.924. The average molecular weight is 336 g/mol. The normalized spacial score (nSPS) is 23.2. The number of nitrogens with zero attached hydrogens (tertiary/aromatic N) is 3. The van der Waals surface area contributed by atoms with E-state index in [1.165, 1.54) is 5.56 Å². The number of likely N-dealkylation sites (tertiary alicyclic amines) is 1. The van der Waals surface area contributed by atoms with Crippen molar-refractivity contribution in [2.24, 2.45) is 0 Å². The molecule has 0 spiro atoms. The van der Waals surface area contributed by atoms with Crippen LogP contribution in [0.1, 0.15) is 21.6 Å². The number of rotatable bonds is 3. The van der Waals surface area contributed by atoms with Crippen molar-refractivity contribution >= 4 is 5.91 Å². The molecule has 25 heavy (non-hydrogen) atoms. The summed E-state index contributed by atoms with van der Waals surface area (Å²) in [5.41, 5.74) is 2.21. The number of carbonyl (C=O) groups excluding carboxylic acids is 1. The summed E-state index contributed by atoms with van der Waals surface area (Å²) in [6, 6.07) is 14.2. The Labute approximate surface area is 146 Å². The molecule has 0 saturated carbocycles. The van der Waals surface area contributed by atoms with Gasteiger partial charge in [-0.1, -0.05) is 30.3 Å². The number of benzene rings is 1. The van der Waals surface area contributed by atoms with Gasteiger partial charge in [-0.3, -0.25) is 9.69 Å². The smallest absolute Gasteiger partial charge is 0.270 e. The first-order valence-electron chi connectivity index (χ1n) is 8.52. The number of H-pyrrole nitrogens is 1. The second-order valence-electron chi connectivity index (χ2n) is 6.56. The summed E-state index contributed by atoms with van der Waals surface area (Å²) in [4.78, 5) is 19.8. The summed E-state index contributed by atoms with van der Waals surface area (Å²) >= 11 is 0. The molecule has 1 N–H and O–H groups in total. The van der Waals surface area contributed by atoms with E-state index >= 15 is 0 Å². The van der Waals surface area contributed by atoms with Crippen molar-refractivity contribution in [3.05, 3.63) is 59.4 Å². The highest BCUT2D eigenvalue weighted by molar-refractivity contribution is 5.93. The van der Waals surface area contributed by atoms with Gasteiger partial charge < -0.3 is 14.6 Å². The number of morpholine rings is 1. The van der Waals surface area contributed by atoms with Crippen molar-refractivity contribution in [2.75, 3.05) is 26.2 Å². The molecule has 6 heteroatoms. The first-order valence-corrected chi connectivity index (χ1v) is 8.52.